The number of amides is 2. The van der Waals surface area contributed by atoms with E-state index < -0.39 is 6.10 Å². The van der Waals surface area contributed by atoms with Crippen LogP contribution in [0.25, 0.3) is 0 Å². The van der Waals surface area contributed by atoms with E-state index in [1.165, 1.54) is 0 Å². The second-order valence-electron chi connectivity index (χ2n) is 6.40. The van der Waals surface area contributed by atoms with E-state index in [0.717, 1.165) is 13.0 Å². The SMILES string of the molecule is CCN1C[C@@H](NC(=O)N/C(C)=C(\C)C(=NC)OCC(CNC)OC=O)CCO1. The molecule has 1 aliphatic rings. The highest BCUT2D eigenvalue weighted by Crippen LogP contribution is 2.08. The Kier molecular flexibility index (Phi) is 11.2. The average Bonchev–Trinajstić information content (AvgIpc) is 2.68. The number of aliphatic imine (C=N–C) groups is 1. The summed E-state index contributed by atoms with van der Waals surface area (Å²) in [5, 5.41) is 10.5. The fourth-order valence-electron chi connectivity index (χ4n) is 2.66. The van der Waals surface area contributed by atoms with E-state index in [4.69, 9.17) is 14.3 Å². The molecule has 10 nitrogen and oxygen atoms in total. The van der Waals surface area contributed by atoms with Crippen LogP contribution in [0.15, 0.2) is 16.3 Å². The van der Waals surface area contributed by atoms with Gasteiger partial charge in [-0.1, -0.05) is 6.92 Å². The molecule has 0 radical (unpaired) electrons. The zero-order valence-corrected chi connectivity index (χ0v) is 17.4. The third kappa shape index (κ3) is 8.24. The number of nitrogens with one attached hydrogen (secondary N) is 3. The smallest absolute Gasteiger partial charge is 0.319 e. The van der Waals surface area contributed by atoms with Gasteiger partial charge in [-0.25, -0.2) is 4.79 Å². The number of rotatable bonds is 10. The van der Waals surface area contributed by atoms with Crippen molar-refractivity contribution in [3.63, 3.8) is 0 Å². The highest BCUT2D eigenvalue weighted by molar-refractivity contribution is 5.94. The lowest BCUT2D eigenvalue weighted by molar-refractivity contribution is -0.183. The minimum absolute atomic E-state index is 0.0279. The first-order chi connectivity index (χ1) is 13.4. The summed E-state index contributed by atoms with van der Waals surface area (Å²) in [4.78, 5) is 32.5. The van der Waals surface area contributed by atoms with E-state index in [1.54, 1.807) is 27.9 Å². The van der Waals surface area contributed by atoms with Crippen LogP contribution in [0.4, 0.5) is 4.79 Å². The Bertz CT molecular complexity index is 567. The molecule has 0 aromatic carbocycles. The van der Waals surface area contributed by atoms with Crippen LogP contribution in [0.1, 0.15) is 27.2 Å². The highest BCUT2D eigenvalue weighted by atomic mass is 16.7. The number of nitrogens with zero attached hydrogens (tertiary/aromatic N) is 2. The minimum Gasteiger partial charge on any atom is -0.474 e. The van der Waals surface area contributed by atoms with Crippen LogP contribution >= 0.6 is 0 Å². The molecular weight excluding hydrogens is 366 g/mol. The van der Waals surface area contributed by atoms with Gasteiger partial charge in [0.25, 0.3) is 6.47 Å². The number of likely N-dealkylation sites (N-methyl/N-ethyl adjacent to an activating group) is 2. The quantitative estimate of drug-likeness (QED) is 0.277. The Morgan fingerprint density at radius 3 is 2.79 bits per heavy atom. The van der Waals surface area contributed by atoms with Crippen molar-refractivity contribution in [1.29, 1.82) is 0 Å². The van der Waals surface area contributed by atoms with E-state index in [9.17, 15) is 9.59 Å². The van der Waals surface area contributed by atoms with Crippen LogP contribution in [-0.2, 0) is 19.1 Å². The standard InChI is InChI=1S/C18H33N5O5/c1-6-23-10-15(7-8-28-23)22-18(25)21-14(3)13(2)17(20-5)26-11-16(9-19-4)27-12-24/h12,15-16,19H,6-11H2,1-5H3,(H2,21,22,25)/b14-13+,20-17?/t15-,16?/m0/s1. The van der Waals surface area contributed by atoms with E-state index in [0.29, 0.717) is 43.3 Å². The predicted octanol–water partition coefficient (Wildman–Crippen LogP) is 0.411. The highest BCUT2D eigenvalue weighted by Gasteiger charge is 2.21. The Labute approximate surface area is 166 Å². The lowest BCUT2D eigenvalue weighted by Gasteiger charge is -2.31. The van der Waals surface area contributed by atoms with E-state index >= 15 is 0 Å². The maximum atomic E-state index is 12.3. The Morgan fingerprint density at radius 2 is 2.18 bits per heavy atom. The third-order valence-corrected chi connectivity index (χ3v) is 4.33. The molecule has 0 bridgehead atoms. The molecular formula is C18H33N5O5. The van der Waals surface area contributed by atoms with Crippen molar-refractivity contribution in [2.24, 2.45) is 4.99 Å². The summed E-state index contributed by atoms with van der Waals surface area (Å²) in [6, 6.07) is -0.257. The third-order valence-electron chi connectivity index (χ3n) is 4.33. The first-order valence-electron chi connectivity index (χ1n) is 9.41. The molecule has 1 rings (SSSR count). The predicted molar refractivity (Wildman–Crippen MR) is 106 cm³/mol. The molecule has 3 N–H and O–H groups in total. The molecule has 1 fully saturated rings. The molecule has 28 heavy (non-hydrogen) atoms. The Hall–Kier alpha value is -2.17. The fraction of sp³-hybridized carbons (Fsp3) is 0.722. The first-order valence-corrected chi connectivity index (χ1v) is 9.41. The van der Waals surface area contributed by atoms with Crippen molar-refractivity contribution in [3.8, 4) is 0 Å². The number of hydrogen-bond donors (Lipinski definition) is 3. The second kappa shape index (κ2) is 13.1. The van der Waals surface area contributed by atoms with Crippen molar-refractivity contribution in [2.45, 2.75) is 39.3 Å². The maximum Gasteiger partial charge on any atom is 0.319 e. The van der Waals surface area contributed by atoms with E-state index in [1.807, 2.05) is 12.0 Å². The number of hydroxylamine groups is 2. The van der Waals surface area contributed by atoms with Crippen molar-refractivity contribution in [2.75, 3.05) is 46.9 Å². The van der Waals surface area contributed by atoms with Gasteiger partial charge in [-0.05, 0) is 27.3 Å². The average molecular weight is 399 g/mol. The summed E-state index contributed by atoms with van der Waals surface area (Å²) in [5.41, 5.74) is 1.31. The monoisotopic (exact) mass is 399 g/mol. The van der Waals surface area contributed by atoms with Gasteiger partial charge in [-0.3, -0.25) is 14.6 Å². The summed E-state index contributed by atoms with van der Waals surface area (Å²) in [5.74, 6) is 0.372. The molecule has 2 amide bonds. The second-order valence-corrected chi connectivity index (χ2v) is 6.40. The molecule has 1 saturated heterocycles. The number of urea groups is 1. The summed E-state index contributed by atoms with van der Waals surface area (Å²) in [6.45, 7) is 8.60. The van der Waals surface area contributed by atoms with Gasteiger partial charge in [0.05, 0.1) is 6.61 Å². The van der Waals surface area contributed by atoms with Crippen LogP contribution in [0.2, 0.25) is 0 Å². The van der Waals surface area contributed by atoms with Gasteiger partial charge in [-0.2, -0.15) is 5.06 Å². The molecule has 160 valence electrons. The molecule has 2 atom stereocenters. The van der Waals surface area contributed by atoms with E-state index in [2.05, 4.69) is 20.9 Å². The van der Waals surface area contributed by atoms with Crippen molar-refractivity contribution in [1.82, 2.24) is 21.0 Å². The van der Waals surface area contributed by atoms with E-state index in [-0.39, 0.29) is 18.7 Å². The van der Waals surface area contributed by atoms with Gasteiger partial charge < -0.3 is 25.4 Å². The largest absolute Gasteiger partial charge is 0.474 e. The molecule has 0 aliphatic carbocycles. The zero-order valence-electron chi connectivity index (χ0n) is 17.4. The summed E-state index contributed by atoms with van der Waals surface area (Å²) >= 11 is 0. The number of carbonyl (C=O) groups excluding carboxylic acids is 2. The van der Waals surface area contributed by atoms with Crippen LogP contribution in [0.5, 0.6) is 0 Å². The van der Waals surface area contributed by atoms with Gasteiger partial charge in [0.2, 0.25) is 5.90 Å². The minimum atomic E-state index is -0.432. The fourth-order valence-corrected chi connectivity index (χ4v) is 2.66. The first kappa shape index (κ1) is 23.9. The lowest BCUT2D eigenvalue weighted by atomic mass is 10.2. The molecule has 0 saturated carbocycles. The molecule has 0 aromatic heterocycles. The van der Waals surface area contributed by atoms with Crippen LogP contribution in [-0.4, -0.2) is 82.6 Å². The normalized spacial score (nSPS) is 20.0. The zero-order chi connectivity index (χ0) is 20.9. The van der Waals surface area contributed by atoms with Crippen LogP contribution < -0.4 is 16.0 Å². The van der Waals surface area contributed by atoms with Crippen molar-refractivity contribution < 1.29 is 23.9 Å². The van der Waals surface area contributed by atoms with Crippen LogP contribution in [0.3, 0.4) is 0 Å². The number of carbonyl (C=O) groups is 2. The summed E-state index contributed by atoms with van der Waals surface area (Å²) < 4.78 is 10.6. The van der Waals surface area contributed by atoms with Crippen LogP contribution in [0, 0.1) is 0 Å². The molecule has 10 heteroatoms. The summed E-state index contributed by atoms with van der Waals surface area (Å²) in [6.07, 6.45) is 0.332. The molecule has 1 aliphatic heterocycles. The molecule has 1 heterocycles. The van der Waals surface area contributed by atoms with Gasteiger partial charge in [0, 0.05) is 44.0 Å². The number of ether oxygens (including phenoxy) is 2. The molecule has 1 unspecified atom stereocenters. The van der Waals surface area contributed by atoms with Gasteiger partial charge in [0.15, 0.2) is 0 Å². The number of hydrogen-bond acceptors (Lipinski definition) is 8. The van der Waals surface area contributed by atoms with Crippen molar-refractivity contribution in [3.05, 3.63) is 11.3 Å². The topological polar surface area (TPSA) is 114 Å². The van der Waals surface area contributed by atoms with Gasteiger partial charge in [-0.15, -0.1) is 0 Å². The van der Waals surface area contributed by atoms with Gasteiger partial charge in [0.1, 0.15) is 12.7 Å². The van der Waals surface area contributed by atoms with Gasteiger partial charge >= 0.3 is 6.03 Å². The molecule has 0 spiro atoms. The Balaban J connectivity index is 2.60. The van der Waals surface area contributed by atoms with Crippen molar-refractivity contribution >= 4 is 18.4 Å². The lowest BCUT2D eigenvalue weighted by Crippen LogP contribution is -2.50. The molecule has 0 aromatic rings. The maximum absolute atomic E-state index is 12.3. The number of allylic oxidation sites excluding steroid dienone is 1. The Morgan fingerprint density at radius 1 is 1.43 bits per heavy atom. The summed E-state index contributed by atoms with van der Waals surface area (Å²) in [7, 11) is 3.35.